The molecule has 3 N–H and O–H groups in total. The predicted molar refractivity (Wildman–Crippen MR) is 99.1 cm³/mol. The van der Waals surface area contributed by atoms with Crippen molar-refractivity contribution in [3.05, 3.63) is 48.2 Å². The Balaban J connectivity index is 1.60. The number of hydrogen-bond acceptors (Lipinski definition) is 5. The van der Waals surface area contributed by atoms with Crippen LogP contribution in [0.1, 0.15) is 31.2 Å². The van der Waals surface area contributed by atoms with Crippen LogP contribution in [0.25, 0.3) is 0 Å². The number of benzene rings is 1. The van der Waals surface area contributed by atoms with E-state index in [-0.39, 0.29) is 17.9 Å². The summed E-state index contributed by atoms with van der Waals surface area (Å²) in [6.45, 7) is 0.369. The summed E-state index contributed by atoms with van der Waals surface area (Å²) >= 11 is 0. The Hall–Kier alpha value is -2.60. The van der Waals surface area contributed by atoms with E-state index in [0.29, 0.717) is 30.3 Å². The molecule has 0 bridgehead atoms. The number of carbonyl (C=O) groups is 1. The normalized spacial score (nSPS) is 19.2. The first kappa shape index (κ1) is 18.2. The van der Waals surface area contributed by atoms with Crippen LogP contribution in [0.15, 0.2) is 42.6 Å². The van der Waals surface area contributed by atoms with E-state index >= 15 is 0 Å². The fraction of sp³-hybridized carbons (Fsp3) is 0.400. The average molecular weight is 355 g/mol. The summed E-state index contributed by atoms with van der Waals surface area (Å²) < 4.78 is 11.1. The number of hydrogen-bond donors (Lipinski definition) is 2. The Labute approximate surface area is 153 Å². The molecule has 0 aliphatic heterocycles. The first-order valence-corrected chi connectivity index (χ1v) is 8.94. The van der Waals surface area contributed by atoms with Crippen molar-refractivity contribution in [2.45, 2.75) is 38.3 Å². The summed E-state index contributed by atoms with van der Waals surface area (Å²) in [5.74, 6) is 2.12. The number of nitrogens with one attached hydrogen (secondary N) is 1. The van der Waals surface area contributed by atoms with Crippen LogP contribution < -0.4 is 20.5 Å². The van der Waals surface area contributed by atoms with Crippen molar-refractivity contribution < 1.29 is 14.3 Å². The second-order valence-corrected chi connectivity index (χ2v) is 6.58. The smallest absolute Gasteiger partial charge is 0.224 e. The van der Waals surface area contributed by atoms with Gasteiger partial charge in [-0.1, -0.05) is 18.6 Å². The van der Waals surface area contributed by atoms with Gasteiger partial charge in [0, 0.05) is 36.8 Å². The maximum absolute atomic E-state index is 12.2. The summed E-state index contributed by atoms with van der Waals surface area (Å²) in [5, 5.41) is 2.96. The minimum absolute atomic E-state index is 0.0172. The molecule has 26 heavy (non-hydrogen) atoms. The molecular formula is C20H25N3O3. The number of nitrogens with two attached hydrogens (primary N) is 1. The van der Waals surface area contributed by atoms with Crippen LogP contribution >= 0.6 is 0 Å². The van der Waals surface area contributed by atoms with E-state index < -0.39 is 0 Å². The number of aromatic nitrogens is 1. The van der Waals surface area contributed by atoms with Crippen molar-refractivity contribution in [1.82, 2.24) is 10.3 Å². The summed E-state index contributed by atoms with van der Waals surface area (Å²) in [5.41, 5.74) is 6.87. The summed E-state index contributed by atoms with van der Waals surface area (Å²) in [6, 6.07) is 11.2. The van der Waals surface area contributed by atoms with Gasteiger partial charge in [0.1, 0.15) is 11.5 Å². The highest BCUT2D eigenvalue weighted by Crippen LogP contribution is 2.28. The van der Waals surface area contributed by atoms with Gasteiger partial charge in [0.2, 0.25) is 11.8 Å². The van der Waals surface area contributed by atoms with Gasteiger partial charge in [-0.15, -0.1) is 0 Å². The lowest BCUT2D eigenvalue weighted by Crippen LogP contribution is -2.31. The molecule has 2 aromatic rings. The van der Waals surface area contributed by atoms with E-state index in [9.17, 15) is 4.79 Å². The van der Waals surface area contributed by atoms with E-state index in [2.05, 4.69) is 10.3 Å². The lowest BCUT2D eigenvalue weighted by Gasteiger charge is -2.15. The quantitative estimate of drug-likeness (QED) is 0.797. The van der Waals surface area contributed by atoms with Gasteiger partial charge in [0.15, 0.2) is 0 Å². The Morgan fingerprint density at radius 3 is 2.88 bits per heavy atom. The number of methoxy groups -OCH3 is 1. The summed E-state index contributed by atoms with van der Waals surface area (Å²) in [7, 11) is 1.61. The van der Waals surface area contributed by atoms with Gasteiger partial charge in [-0.2, -0.15) is 0 Å². The maximum atomic E-state index is 12.2. The van der Waals surface area contributed by atoms with Crippen LogP contribution in [0.5, 0.6) is 17.4 Å². The second-order valence-electron chi connectivity index (χ2n) is 6.58. The van der Waals surface area contributed by atoms with Gasteiger partial charge in [0.25, 0.3) is 0 Å². The molecule has 2 atom stereocenters. The van der Waals surface area contributed by atoms with Crippen LogP contribution in [0.4, 0.5) is 0 Å². The number of nitrogens with zero attached hydrogens (tertiary/aromatic N) is 1. The van der Waals surface area contributed by atoms with E-state index in [1.165, 1.54) is 0 Å². The third-order valence-electron chi connectivity index (χ3n) is 4.75. The minimum atomic E-state index is 0.0172. The Morgan fingerprint density at radius 1 is 1.27 bits per heavy atom. The predicted octanol–water partition coefficient (Wildman–Crippen LogP) is 3.02. The molecule has 0 saturated heterocycles. The molecule has 0 radical (unpaired) electrons. The van der Waals surface area contributed by atoms with Gasteiger partial charge in [-0.05, 0) is 37.0 Å². The number of amides is 1. The fourth-order valence-electron chi connectivity index (χ4n) is 3.25. The van der Waals surface area contributed by atoms with E-state index in [4.69, 9.17) is 15.2 Å². The van der Waals surface area contributed by atoms with Crippen LogP contribution in [0.2, 0.25) is 0 Å². The Kier molecular flexibility index (Phi) is 6.07. The van der Waals surface area contributed by atoms with Crippen molar-refractivity contribution in [3.8, 4) is 17.4 Å². The molecule has 1 amide bonds. The molecule has 0 unspecified atom stereocenters. The van der Waals surface area contributed by atoms with Gasteiger partial charge in [-0.25, -0.2) is 4.98 Å². The van der Waals surface area contributed by atoms with E-state index in [1.807, 2.05) is 30.3 Å². The SMILES string of the molecule is COc1cccc(Oc2ncccc2CNC(=O)C[C@@H]2CCC[C@H]2N)c1. The van der Waals surface area contributed by atoms with Crippen molar-refractivity contribution in [2.24, 2.45) is 11.7 Å². The van der Waals surface area contributed by atoms with Gasteiger partial charge >= 0.3 is 0 Å². The molecule has 1 saturated carbocycles. The van der Waals surface area contributed by atoms with Crippen LogP contribution in [-0.2, 0) is 11.3 Å². The monoisotopic (exact) mass is 355 g/mol. The lowest BCUT2D eigenvalue weighted by molar-refractivity contribution is -0.122. The third-order valence-corrected chi connectivity index (χ3v) is 4.75. The van der Waals surface area contributed by atoms with Crippen LogP contribution in [0, 0.1) is 5.92 Å². The molecule has 6 heteroatoms. The summed E-state index contributed by atoms with van der Waals surface area (Å²) in [6.07, 6.45) is 5.30. The van der Waals surface area contributed by atoms with E-state index in [0.717, 1.165) is 24.8 Å². The molecule has 6 nitrogen and oxygen atoms in total. The number of rotatable bonds is 7. The third kappa shape index (κ3) is 4.73. The van der Waals surface area contributed by atoms with Crippen molar-refractivity contribution >= 4 is 5.91 Å². The summed E-state index contributed by atoms with van der Waals surface area (Å²) in [4.78, 5) is 16.5. The van der Waals surface area contributed by atoms with Crippen molar-refractivity contribution in [2.75, 3.05) is 7.11 Å². The molecule has 1 aromatic heterocycles. The Bertz CT molecular complexity index is 751. The topological polar surface area (TPSA) is 86.5 Å². The minimum Gasteiger partial charge on any atom is -0.497 e. The Morgan fingerprint density at radius 2 is 2.12 bits per heavy atom. The highest BCUT2D eigenvalue weighted by atomic mass is 16.5. The maximum Gasteiger partial charge on any atom is 0.224 e. The highest BCUT2D eigenvalue weighted by molar-refractivity contribution is 5.76. The molecule has 1 aromatic carbocycles. The molecule has 1 heterocycles. The number of ether oxygens (including phenoxy) is 2. The highest BCUT2D eigenvalue weighted by Gasteiger charge is 2.26. The zero-order valence-corrected chi connectivity index (χ0v) is 15.0. The van der Waals surface area contributed by atoms with Crippen molar-refractivity contribution in [3.63, 3.8) is 0 Å². The molecule has 3 rings (SSSR count). The molecular weight excluding hydrogens is 330 g/mol. The average Bonchev–Trinajstić information content (AvgIpc) is 3.06. The first-order chi connectivity index (χ1) is 12.7. The lowest BCUT2D eigenvalue weighted by atomic mass is 10.00. The van der Waals surface area contributed by atoms with Gasteiger partial charge in [-0.3, -0.25) is 4.79 Å². The molecule has 1 aliphatic carbocycles. The number of carbonyl (C=O) groups excluding carboxylic acids is 1. The standard InChI is InChI=1S/C20H25N3O3/c1-25-16-7-3-8-17(12-16)26-20-15(6-4-10-22-20)13-23-19(24)11-14-5-2-9-18(14)21/h3-4,6-8,10,12,14,18H,2,5,9,11,13,21H2,1H3,(H,23,24)/t14-,18+/m0/s1. The van der Waals surface area contributed by atoms with Crippen LogP contribution in [0.3, 0.4) is 0 Å². The van der Waals surface area contributed by atoms with Gasteiger partial charge in [0.05, 0.1) is 7.11 Å². The molecule has 138 valence electrons. The molecule has 1 fully saturated rings. The van der Waals surface area contributed by atoms with Gasteiger partial charge < -0.3 is 20.5 Å². The number of pyridine rings is 1. The zero-order valence-electron chi connectivity index (χ0n) is 15.0. The largest absolute Gasteiger partial charge is 0.497 e. The van der Waals surface area contributed by atoms with Crippen LogP contribution in [-0.4, -0.2) is 24.0 Å². The molecule has 1 aliphatic rings. The second kappa shape index (κ2) is 8.67. The van der Waals surface area contributed by atoms with E-state index in [1.54, 1.807) is 19.4 Å². The fourth-order valence-corrected chi connectivity index (χ4v) is 3.25. The zero-order chi connectivity index (χ0) is 18.4. The molecule has 0 spiro atoms. The van der Waals surface area contributed by atoms with Crippen molar-refractivity contribution in [1.29, 1.82) is 0 Å². The first-order valence-electron chi connectivity index (χ1n) is 8.94.